The number of thiazole rings is 1. The standard InChI is InChI=1S/C16H11N3O2S/c17-9-12-5-3-11(4-6-12)8-13-10-18-16(22-13)19-15(20)14-2-1-7-21-14/h1-7,10H,8H2,(H,18,19,20). The van der Waals surface area contributed by atoms with Crippen molar-refractivity contribution in [2.24, 2.45) is 0 Å². The number of nitrogens with zero attached hydrogens (tertiary/aromatic N) is 2. The van der Waals surface area contributed by atoms with Crippen LogP contribution in [0.25, 0.3) is 0 Å². The van der Waals surface area contributed by atoms with Crippen molar-refractivity contribution in [1.29, 1.82) is 5.26 Å². The highest BCUT2D eigenvalue weighted by atomic mass is 32.1. The van der Waals surface area contributed by atoms with Crippen LogP contribution >= 0.6 is 11.3 Å². The molecule has 2 heterocycles. The molecule has 3 rings (SSSR count). The minimum atomic E-state index is -0.315. The Bertz CT molecular complexity index is 814. The first-order valence-corrected chi connectivity index (χ1v) is 7.35. The molecule has 1 amide bonds. The maximum absolute atomic E-state index is 11.8. The lowest BCUT2D eigenvalue weighted by atomic mass is 10.1. The average Bonchev–Trinajstić information content (AvgIpc) is 3.20. The number of furan rings is 1. The summed E-state index contributed by atoms with van der Waals surface area (Å²) in [7, 11) is 0. The maximum atomic E-state index is 11.8. The number of anilines is 1. The molecule has 0 bridgehead atoms. The number of nitriles is 1. The van der Waals surface area contributed by atoms with Crippen LogP contribution in [-0.4, -0.2) is 10.9 Å². The molecule has 0 aliphatic heterocycles. The number of aromatic nitrogens is 1. The highest BCUT2D eigenvalue weighted by Crippen LogP contribution is 2.22. The van der Waals surface area contributed by atoms with Crippen LogP contribution in [0.2, 0.25) is 0 Å². The van der Waals surface area contributed by atoms with Gasteiger partial charge in [0.2, 0.25) is 0 Å². The predicted molar refractivity (Wildman–Crippen MR) is 82.7 cm³/mol. The molecular weight excluding hydrogens is 298 g/mol. The first kappa shape index (κ1) is 14.0. The predicted octanol–water partition coefficient (Wildman–Crippen LogP) is 3.45. The quantitative estimate of drug-likeness (QED) is 0.800. The summed E-state index contributed by atoms with van der Waals surface area (Å²) < 4.78 is 5.03. The molecule has 6 heteroatoms. The first-order valence-electron chi connectivity index (χ1n) is 6.53. The molecule has 22 heavy (non-hydrogen) atoms. The second kappa shape index (κ2) is 6.24. The summed E-state index contributed by atoms with van der Waals surface area (Å²) in [5, 5.41) is 12.0. The van der Waals surface area contributed by atoms with E-state index in [9.17, 15) is 4.79 Å². The van der Waals surface area contributed by atoms with Crippen LogP contribution in [0.15, 0.2) is 53.3 Å². The number of hydrogen-bond acceptors (Lipinski definition) is 5. The zero-order chi connectivity index (χ0) is 15.4. The summed E-state index contributed by atoms with van der Waals surface area (Å²) in [6.45, 7) is 0. The van der Waals surface area contributed by atoms with Gasteiger partial charge in [-0.25, -0.2) is 4.98 Å². The third-order valence-electron chi connectivity index (χ3n) is 2.98. The van der Waals surface area contributed by atoms with Gasteiger partial charge in [0.15, 0.2) is 10.9 Å². The monoisotopic (exact) mass is 309 g/mol. The molecule has 1 N–H and O–H groups in total. The van der Waals surface area contributed by atoms with E-state index < -0.39 is 0 Å². The number of rotatable bonds is 4. The highest BCUT2D eigenvalue weighted by molar-refractivity contribution is 7.15. The van der Waals surface area contributed by atoms with E-state index in [2.05, 4.69) is 16.4 Å². The third kappa shape index (κ3) is 3.22. The smallest absolute Gasteiger partial charge is 0.293 e. The molecule has 1 aromatic carbocycles. The van der Waals surface area contributed by atoms with E-state index in [-0.39, 0.29) is 11.7 Å². The molecule has 2 aromatic heterocycles. The van der Waals surface area contributed by atoms with Crippen LogP contribution in [0.5, 0.6) is 0 Å². The number of benzene rings is 1. The molecule has 0 fully saturated rings. The van der Waals surface area contributed by atoms with Gasteiger partial charge in [-0.15, -0.1) is 11.3 Å². The number of nitrogens with one attached hydrogen (secondary N) is 1. The molecule has 5 nitrogen and oxygen atoms in total. The molecule has 0 aliphatic rings. The average molecular weight is 309 g/mol. The topological polar surface area (TPSA) is 78.9 Å². The van der Waals surface area contributed by atoms with E-state index in [0.29, 0.717) is 17.1 Å². The lowest BCUT2D eigenvalue weighted by molar-refractivity contribution is 0.0996. The van der Waals surface area contributed by atoms with E-state index in [4.69, 9.17) is 9.68 Å². The van der Waals surface area contributed by atoms with Gasteiger partial charge in [0.05, 0.1) is 17.9 Å². The van der Waals surface area contributed by atoms with Gasteiger partial charge in [-0.05, 0) is 29.8 Å². The molecule has 0 saturated carbocycles. The van der Waals surface area contributed by atoms with Crippen molar-refractivity contribution in [1.82, 2.24) is 4.98 Å². The summed E-state index contributed by atoms with van der Waals surface area (Å²) in [5.74, 6) is -0.0619. The van der Waals surface area contributed by atoms with E-state index >= 15 is 0 Å². The van der Waals surface area contributed by atoms with Crippen LogP contribution in [0.3, 0.4) is 0 Å². The van der Waals surface area contributed by atoms with Gasteiger partial charge in [0.1, 0.15) is 0 Å². The summed E-state index contributed by atoms with van der Waals surface area (Å²) in [6.07, 6.45) is 3.90. The Kier molecular flexibility index (Phi) is 3.99. The van der Waals surface area contributed by atoms with Crippen LogP contribution in [0.4, 0.5) is 5.13 Å². The Labute approximate surface area is 130 Å². The Morgan fingerprint density at radius 3 is 2.82 bits per heavy atom. The molecule has 0 atom stereocenters. The van der Waals surface area contributed by atoms with Gasteiger partial charge >= 0.3 is 0 Å². The molecule has 0 aliphatic carbocycles. The van der Waals surface area contributed by atoms with Gasteiger partial charge in [-0.3, -0.25) is 10.1 Å². The largest absolute Gasteiger partial charge is 0.459 e. The number of amides is 1. The number of hydrogen-bond donors (Lipinski definition) is 1. The number of carbonyl (C=O) groups is 1. The Balaban J connectivity index is 1.66. The summed E-state index contributed by atoms with van der Waals surface area (Å²) >= 11 is 1.41. The lowest BCUT2D eigenvalue weighted by Gasteiger charge is -1.98. The number of carbonyl (C=O) groups excluding carboxylic acids is 1. The molecule has 0 radical (unpaired) electrons. The van der Waals surface area contributed by atoms with Crippen LogP contribution < -0.4 is 5.32 Å². The van der Waals surface area contributed by atoms with Gasteiger partial charge in [0, 0.05) is 17.5 Å². The molecule has 3 aromatic rings. The third-order valence-corrected chi connectivity index (χ3v) is 3.89. The first-order chi connectivity index (χ1) is 10.7. The van der Waals surface area contributed by atoms with Gasteiger partial charge in [-0.1, -0.05) is 12.1 Å². The fraction of sp³-hybridized carbons (Fsp3) is 0.0625. The van der Waals surface area contributed by atoms with Crippen molar-refractivity contribution in [3.8, 4) is 6.07 Å². The maximum Gasteiger partial charge on any atom is 0.293 e. The molecule has 0 spiro atoms. The second-order valence-electron chi connectivity index (χ2n) is 4.55. The fourth-order valence-electron chi connectivity index (χ4n) is 1.91. The molecule has 0 saturated heterocycles. The Hall–Kier alpha value is -2.91. The minimum Gasteiger partial charge on any atom is -0.459 e. The van der Waals surface area contributed by atoms with E-state index in [0.717, 1.165) is 10.4 Å². The Morgan fingerprint density at radius 2 is 2.14 bits per heavy atom. The van der Waals surface area contributed by atoms with Gasteiger partial charge < -0.3 is 4.42 Å². The van der Waals surface area contributed by atoms with Crippen LogP contribution in [-0.2, 0) is 6.42 Å². The van der Waals surface area contributed by atoms with Crippen molar-refractivity contribution < 1.29 is 9.21 Å². The van der Waals surface area contributed by atoms with Crippen LogP contribution in [0, 0.1) is 11.3 Å². The van der Waals surface area contributed by atoms with Crippen molar-refractivity contribution in [2.45, 2.75) is 6.42 Å². The Morgan fingerprint density at radius 1 is 1.32 bits per heavy atom. The summed E-state index contributed by atoms with van der Waals surface area (Å²) in [4.78, 5) is 17.1. The summed E-state index contributed by atoms with van der Waals surface area (Å²) in [6, 6.07) is 12.8. The van der Waals surface area contributed by atoms with Crippen molar-refractivity contribution in [2.75, 3.05) is 5.32 Å². The van der Waals surface area contributed by atoms with Crippen molar-refractivity contribution in [3.05, 3.63) is 70.6 Å². The van der Waals surface area contributed by atoms with E-state index in [1.807, 2.05) is 12.1 Å². The van der Waals surface area contributed by atoms with Crippen LogP contribution in [0.1, 0.15) is 26.6 Å². The molecule has 108 valence electrons. The van der Waals surface area contributed by atoms with Gasteiger partial charge in [-0.2, -0.15) is 5.26 Å². The summed E-state index contributed by atoms with van der Waals surface area (Å²) in [5.41, 5.74) is 1.73. The SMILES string of the molecule is N#Cc1ccc(Cc2cnc(NC(=O)c3ccco3)s2)cc1. The minimum absolute atomic E-state index is 0.254. The van der Waals surface area contributed by atoms with E-state index in [1.54, 1.807) is 30.5 Å². The zero-order valence-electron chi connectivity index (χ0n) is 11.4. The molecular formula is C16H11N3O2S. The lowest BCUT2D eigenvalue weighted by Crippen LogP contribution is -2.10. The highest BCUT2D eigenvalue weighted by Gasteiger charge is 2.11. The zero-order valence-corrected chi connectivity index (χ0v) is 12.3. The van der Waals surface area contributed by atoms with Crippen molar-refractivity contribution in [3.63, 3.8) is 0 Å². The van der Waals surface area contributed by atoms with E-state index in [1.165, 1.54) is 17.6 Å². The fourth-order valence-corrected chi connectivity index (χ4v) is 2.75. The van der Waals surface area contributed by atoms with Crippen molar-refractivity contribution >= 4 is 22.4 Å². The molecule has 0 unspecified atom stereocenters. The van der Waals surface area contributed by atoms with Gasteiger partial charge in [0.25, 0.3) is 5.91 Å². The second-order valence-corrected chi connectivity index (χ2v) is 5.66. The normalized spacial score (nSPS) is 10.1.